The van der Waals surface area contributed by atoms with Crippen molar-refractivity contribution in [1.29, 1.82) is 0 Å². The van der Waals surface area contributed by atoms with Crippen LogP contribution in [-0.2, 0) is 22.3 Å². The quantitative estimate of drug-likeness (QED) is 0.484. The predicted molar refractivity (Wildman–Crippen MR) is 130 cm³/mol. The maximum atomic E-state index is 13.5. The van der Waals surface area contributed by atoms with E-state index in [1.165, 1.54) is 13.1 Å². The first-order valence-electron chi connectivity index (χ1n) is 10.6. The van der Waals surface area contributed by atoms with Crippen molar-refractivity contribution in [2.24, 2.45) is 4.99 Å². The van der Waals surface area contributed by atoms with Gasteiger partial charge in [-0.2, -0.15) is 18.3 Å². The zero-order chi connectivity index (χ0) is 26.2. The average Bonchev–Trinajstić information content (AvgIpc) is 3.09. The van der Waals surface area contributed by atoms with E-state index in [4.69, 9.17) is 4.74 Å². The van der Waals surface area contributed by atoms with Crippen molar-refractivity contribution in [1.82, 2.24) is 20.1 Å². The van der Waals surface area contributed by atoms with Crippen LogP contribution in [0.5, 0.6) is 0 Å². The number of aliphatic imine (C=N–C) groups is 1. The summed E-state index contributed by atoms with van der Waals surface area (Å²) in [6.07, 6.45) is -3.03. The number of pyridine rings is 1. The van der Waals surface area contributed by atoms with E-state index in [1.807, 2.05) is 0 Å². The third kappa shape index (κ3) is 5.10. The van der Waals surface area contributed by atoms with Crippen LogP contribution >= 0.6 is 15.9 Å². The Labute approximate surface area is 211 Å². The number of hydrogen-bond donors (Lipinski definition) is 2. The lowest BCUT2D eigenvalue weighted by molar-refractivity contribution is -0.141. The second kappa shape index (κ2) is 9.72. The molecule has 0 saturated carbocycles. The van der Waals surface area contributed by atoms with E-state index in [0.29, 0.717) is 27.2 Å². The molecule has 2 aromatic heterocycles. The fourth-order valence-electron chi connectivity index (χ4n) is 3.65. The van der Waals surface area contributed by atoms with Crippen molar-refractivity contribution < 1.29 is 27.5 Å². The predicted octanol–water partition coefficient (Wildman–Crippen LogP) is 4.14. The van der Waals surface area contributed by atoms with Crippen LogP contribution in [0.25, 0.3) is 10.9 Å². The number of nitrogens with zero attached hydrogens (tertiary/aromatic N) is 4. The van der Waals surface area contributed by atoms with Crippen molar-refractivity contribution in [3.05, 3.63) is 63.2 Å². The summed E-state index contributed by atoms with van der Waals surface area (Å²) in [7, 11) is 1.46. The number of likely N-dealkylation sites (N-methyl/N-ethyl adjacent to an activating group) is 1. The lowest BCUT2D eigenvalue weighted by Gasteiger charge is -2.14. The minimum atomic E-state index is -4.72. The van der Waals surface area contributed by atoms with E-state index in [1.54, 1.807) is 36.7 Å². The second-order valence-corrected chi connectivity index (χ2v) is 8.79. The van der Waals surface area contributed by atoms with Gasteiger partial charge in [0.15, 0.2) is 0 Å². The SMILES string of the molecule is CNC(=O)C1=NC(Cn2nc(C)c(NC(=O)c3cc(C(F)(F)F)nc4ccc(Br)cc34)c2C)=CCO1. The fraction of sp³-hybridized carbons (Fsp3) is 0.261. The second-order valence-electron chi connectivity index (χ2n) is 7.87. The van der Waals surface area contributed by atoms with E-state index < -0.39 is 23.7 Å². The Morgan fingerprint density at radius 1 is 1.19 bits per heavy atom. The van der Waals surface area contributed by atoms with Crippen LogP contribution < -0.4 is 10.6 Å². The van der Waals surface area contributed by atoms with Crippen LogP contribution in [0.1, 0.15) is 27.4 Å². The number of amides is 2. The third-order valence-electron chi connectivity index (χ3n) is 5.44. The molecule has 0 radical (unpaired) electrons. The molecule has 9 nitrogen and oxygen atoms in total. The molecule has 1 aliphatic heterocycles. The summed E-state index contributed by atoms with van der Waals surface area (Å²) >= 11 is 3.29. The molecule has 0 unspecified atom stereocenters. The Hall–Kier alpha value is -3.74. The number of nitrogens with one attached hydrogen (secondary N) is 2. The Morgan fingerprint density at radius 3 is 2.64 bits per heavy atom. The van der Waals surface area contributed by atoms with Gasteiger partial charge in [0.25, 0.3) is 11.8 Å². The summed E-state index contributed by atoms with van der Waals surface area (Å²) < 4.78 is 47.8. The highest BCUT2D eigenvalue weighted by molar-refractivity contribution is 9.10. The molecular weight excluding hydrogens is 545 g/mol. The van der Waals surface area contributed by atoms with Crippen molar-refractivity contribution in [2.45, 2.75) is 26.6 Å². The number of carbonyl (C=O) groups is 2. The van der Waals surface area contributed by atoms with Crippen LogP contribution in [0, 0.1) is 13.8 Å². The Balaban J connectivity index is 1.66. The molecule has 2 amide bonds. The summed E-state index contributed by atoms with van der Waals surface area (Å²) in [5.74, 6) is -1.26. The first-order chi connectivity index (χ1) is 17.0. The van der Waals surface area contributed by atoms with Gasteiger partial charge < -0.3 is 15.4 Å². The molecule has 0 spiro atoms. The molecule has 0 saturated heterocycles. The molecule has 188 valence electrons. The van der Waals surface area contributed by atoms with E-state index >= 15 is 0 Å². The molecule has 0 aliphatic carbocycles. The van der Waals surface area contributed by atoms with E-state index in [0.717, 1.165) is 6.07 Å². The molecule has 0 bridgehead atoms. The number of alkyl halides is 3. The van der Waals surface area contributed by atoms with Crippen molar-refractivity contribution >= 4 is 50.2 Å². The Bertz CT molecular complexity index is 1450. The van der Waals surface area contributed by atoms with Crippen LogP contribution in [-0.4, -0.2) is 46.1 Å². The van der Waals surface area contributed by atoms with Gasteiger partial charge in [-0.15, -0.1) is 0 Å². The van der Waals surface area contributed by atoms with Gasteiger partial charge in [0.1, 0.15) is 12.3 Å². The number of hydrogen-bond acceptors (Lipinski definition) is 6. The molecule has 1 aromatic carbocycles. The van der Waals surface area contributed by atoms with Crippen LogP contribution in [0.15, 0.2) is 45.5 Å². The van der Waals surface area contributed by atoms with Gasteiger partial charge >= 0.3 is 12.1 Å². The number of rotatable bonds is 5. The molecule has 4 rings (SSSR count). The van der Waals surface area contributed by atoms with Gasteiger partial charge in [-0.3, -0.25) is 14.3 Å². The summed E-state index contributed by atoms with van der Waals surface area (Å²) in [5, 5.41) is 9.83. The summed E-state index contributed by atoms with van der Waals surface area (Å²) in [4.78, 5) is 32.9. The van der Waals surface area contributed by atoms with Gasteiger partial charge in [0.05, 0.1) is 40.4 Å². The van der Waals surface area contributed by atoms with E-state index in [2.05, 4.69) is 41.6 Å². The minimum Gasteiger partial charge on any atom is -0.469 e. The first-order valence-corrected chi connectivity index (χ1v) is 11.4. The standard InChI is InChI=1S/C23H20BrF3N6O3/c1-11-19(12(2)33(32-11)10-14-6-7-36-22(29-14)21(35)28-3)31-20(34)16-9-18(23(25,26)27)30-17-5-4-13(24)8-15(16)17/h4-6,8-9H,7,10H2,1-3H3,(H,28,35)(H,31,34). The highest BCUT2D eigenvalue weighted by Gasteiger charge is 2.34. The lowest BCUT2D eigenvalue weighted by Crippen LogP contribution is -2.31. The van der Waals surface area contributed by atoms with E-state index in [9.17, 15) is 22.8 Å². The van der Waals surface area contributed by atoms with Gasteiger partial charge in [-0.25, -0.2) is 9.98 Å². The molecule has 3 heterocycles. The summed E-state index contributed by atoms with van der Waals surface area (Å²) in [6.45, 7) is 3.73. The summed E-state index contributed by atoms with van der Waals surface area (Å²) in [5.41, 5.74) is 0.605. The Morgan fingerprint density at radius 2 is 1.94 bits per heavy atom. The number of carbonyl (C=O) groups excluding carboxylic acids is 2. The van der Waals surface area contributed by atoms with Crippen LogP contribution in [0.2, 0.25) is 0 Å². The molecular formula is C23H20BrF3N6O3. The molecule has 0 fully saturated rings. The highest BCUT2D eigenvalue weighted by Crippen LogP contribution is 2.32. The molecule has 36 heavy (non-hydrogen) atoms. The number of ether oxygens (including phenoxy) is 1. The van der Waals surface area contributed by atoms with Gasteiger partial charge in [0.2, 0.25) is 0 Å². The maximum absolute atomic E-state index is 13.5. The fourth-order valence-corrected chi connectivity index (χ4v) is 4.01. The smallest absolute Gasteiger partial charge is 0.433 e. The normalized spacial score (nSPS) is 13.6. The zero-order valence-electron chi connectivity index (χ0n) is 19.3. The topological polar surface area (TPSA) is 110 Å². The molecule has 3 aromatic rings. The molecule has 1 aliphatic rings. The largest absolute Gasteiger partial charge is 0.469 e. The number of aryl methyl sites for hydroxylation is 1. The Kier molecular flexibility index (Phi) is 6.85. The van der Waals surface area contributed by atoms with Gasteiger partial charge in [-0.05, 0) is 44.2 Å². The third-order valence-corrected chi connectivity index (χ3v) is 5.94. The van der Waals surface area contributed by atoms with Crippen LogP contribution in [0.4, 0.5) is 18.9 Å². The molecule has 0 atom stereocenters. The van der Waals surface area contributed by atoms with Crippen molar-refractivity contribution in [3.8, 4) is 0 Å². The van der Waals surface area contributed by atoms with Crippen molar-refractivity contribution in [2.75, 3.05) is 19.0 Å². The minimum absolute atomic E-state index is 0.0403. The maximum Gasteiger partial charge on any atom is 0.433 e. The van der Waals surface area contributed by atoms with Gasteiger partial charge in [0, 0.05) is 16.9 Å². The van der Waals surface area contributed by atoms with E-state index in [-0.39, 0.29) is 35.5 Å². The average molecular weight is 565 g/mol. The zero-order valence-corrected chi connectivity index (χ0v) is 20.9. The van der Waals surface area contributed by atoms with Crippen LogP contribution in [0.3, 0.4) is 0 Å². The number of anilines is 1. The highest BCUT2D eigenvalue weighted by atomic mass is 79.9. The number of benzene rings is 1. The molecule has 13 heteroatoms. The van der Waals surface area contributed by atoms with Gasteiger partial charge in [-0.1, -0.05) is 15.9 Å². The number of allylic oxidation sites excluding steroid dienone is 1. The molecule has 2 N–H and O–H groups in total. The number of halogens is 4. The number of aromatic nitrogens is 3. The number of fused-ring (bicyclic) bond motifs is 1. The first kappa shape index (κ1) is 25.4. The lowest BCUT2D eigenvalue weighted by atomic mass is 10.1. The monoisotopic (exact) mass is 564 g/mol. The summed E-state index contributed by atoms with van der Waals surface area (Å²) in [6, 6.07) is 5.24. The van der Waals surface area contributed by atoms with Crippen molar-refractivity contribution in [3.63, 3.8) is 0 Å².